The van der Waals surface area contributed by atoms with Crippen LogP contribution in [0.2, 0.25) is 5.15 Å². The van der Waals surface area contributed by atoms with Crippen molar-refractivity contribution in [2.75, 3.05) is 0 Å². The zero-order chi connectivity index (χ0) is 12.4. The van der Waals surface area contributed by atoms with E-state index in [1.165, 1.54) is 6.08 Å². The number of carbonyl (C=O) groups is 1. The molecule has 0 fully saturated rings. The van der Waals surface area contributed by atoms with Gasteiger partial charge in [-0.3, -0.25) is 4.79 Å². The second kappa shape index (κ2) is 4.55. The SMILES string of the molecule is Cc1ccc2nc(Cl)c(/C=C/C(N)=O)cc2c1. The maximum Gasteiger partial charge on any atom is 0.241 e. The fraction of sp³-hybridized carbons (Fsp3) is 0.0769. The van der Waals surface area contributed by atoms with Crippen LogP contribution in [0.25, 0.3) is 17.0 Å². The van der Waals surface area contributed by atoms with Crippen LogP contribution in [-0.4, -0.2) is 10.9 Å². The van der Waals surface area contributed by atoms with E-state index < -0.39 is 5.91 Å². The van der Waals surface area contributed by atoms with E-state index in [0.717, 1.165) is 16.5 Å². The van der Waals surface area contributed by atoms with Crippen LogP contribution in [0.15, 0.2) is 30.3 Å². The lowest BCUT2D eigenvalue weighted by Gasteiger charge is -2.03. The maximum absolute atomic E-state index is 10.7. The van der Waals surface area contributed by atoms with Crippen LogP contribution in [-0.2, 0) is 4.79 Å². The molecule has 17 heavy (non-hydrogen) atoms. The number of halogens is 1. The molecule has 0 spiro atoms. The van der Waals surface area contributed by atoms with Gasteiger partial charge in [0.05, 0.1) is 5.52 Å². The van der Waals surface area contributed by atoms with Gasteiger partial charge in [0.2, 0.25) is 5.91 Å². The minimum atomic E-state index is -0.509. The Kier molecular flexibility index (Phi) is 3.11. The maximum atomic E-state index is 10.7. The first-order chi connectivity index (χ1) is 8.06. The molecule has 0 aliphatic heterocycles. The molecule has 4 heteroatoms. The Morgan fingerprint density at radius 1 is 1.41 bits per heavy atom. The van der Waals surface area contributed by atoms with Crippen LogP contribution < -0.4 is 5.73 Å². The molecule has 0 atom stereocenters. The standard InChI is InChI=1S/C13H11ClN2O/c1-8-2-4-11-10(6-8)7-9(13(14)16-11)3-5-12(15)17/h2-7H,1H3,(H2,15,17)/b5-3+. The van der Waals surface area contributed by atoms with Crippen LogP contribution in [0.1, 0.15) is 11.1 Å². The number of nitrogens with two attached hydrogens (primary N) is 1. The summed E-state index contributed by atoms with van der Waals surface area (Å²) in [5, 5.41) is 1.34. The highest BCUT2D eigenvalue weighted by molar-refractivity contribution is 6.31. The van der Waals surface area contributed by atoms with Gasteiger partial charge in [-0.15, -0.1) is 0 Å². The van der Waals surface area contributed by atoms with E-state index in [-0.39, 0.29) is 0 Å². The number of aromatic nitrogens is 1. The Bertz CT molecular complexity index is 620. The van der Waals surface area contributed by atoms with Gasteiger partial charge in [0.15, 0.2) is 0 Å². The predicted molar refractivity (Wildman–Crippen MR) is 69.7 cm³/mol. The number of hydrogen-bond acceptors (Lipinski definition) is 2. The normalized spacial score (nSPS) is 11.2. The molecule has 0 aliphatic rings. The molecule has 1 aromatic heterocycles. The Morgan fingerprint density at radius 3 is 2.88 bits per heavy atom. The first-order valence-electron chi connectivity index (χ1n) is 5.11. The lowest BCUT2D eigenvalue weighted by Crippen LogP contribution is -2.05. The van der Waals surface area contributed by atoms with E-state index in [2.05, 4.69) is 4.98 Å². The number of carbonyl (C=O) groups excluding carboxylic acids is 1. The molecule has 3 nitrogen and oxygen atoms in total. The molecule has 0 bridgehead atoms. The fourth-order valence-electron chi connectivity index (χ4n) is 1.58. The van der Waals surface area contributed by atoms with Crippen LogP contribution in [0.5, 0.6) is 0 Å². The van der Waals surface area contributed by atoms with Crippen molar-refractivity contribution in [3.8, 4) is 0 Å². The Hall–Kier alpha value is -1.87. The minimum absolute atomic E-state index is 0.360. The molecule has 0 saturated carbocycles. The summed E-state index contributed by atoms with van der Waals surface area (Å²) in [6.45, 7) is 2.01. The summed E-state index contributed by atoms with van der Waals surface area (Å²) < 4.78 is 0. The number of aryl methyl sites for hydroxylation is 1. The third-order valence-corrected chi connectivity index (χ3v) is 2.68. The van der Waals surface area contributed by atoms with Crippen molar-refractivity contribution < 1.29 is 4.79 Å². The first-order valence-corrected chi connectivity index (χ1v) is 5.48. The lowest BCUT2D eigenvalue weighted by atomic mass is 10.1. The number of amides is 1. The summed E-state index contributed by atoms with van der Waals surface area (Å²) in [5.41, 5.74) is 7.70. The second-order valence-corrected chi connectivity index (χ2v) is 4.16. The van der Waals surface area contributed by atoms with Crippen molar-refractivity contribution in [1.29, 1.82) is 0 Å². The largest absolute Gasteiger partial charge is 0.366 e. The number of hydrogen-bond donors (Lipinski definition) is 1. The number of benzene rings is 1. The Labute approximate surface area is 104 Å². The third-order valence-electron chi connectivity index (χ3n) is 2.38. The van der Waals surface area contributed by atoms with E-state index in [4.69, 9.17) is 17.3 Å². The molecule has 2 N–H and O–H groups in total. The molecular formula is C13H11ClN2O. The quantitative estimate of drug-likeness (QED) is 0.654. The van der Waals surface area contributed by atoms with E-state index in [9.17, 15) is 4.79 Å². The summed E-state index contributed by atoms with van der Waals surface area (Å²) >= 11 is 6.01. The summed E-state index contributed by atoms with van der Waals surface area (Å²) in [4.78, 5) is 14.9. The summed E-state index contributed by atoms with van der Waals surface area (Å²) in [6.07, 6.45) is 2.84. The molecule has 2 aromatic rings. The van der Waals surface area contributed by atoms with Crippen LogP contribution in [0, 0.1) is 6.92 Å². The zero-order valence-electron chi connectivity index (χ0n) is 9.27. The first kappa shape index (κ1) is 11.6. The third kappa shape index (κ3) is 2.63. The second-order valence-electron chi connectivity index (χ2n) is 3.80. The van der Waals surface area contributed by atoms with E-state index >= 15 is 0 Å². The highest BCUT2D eigenvalue weighted by atomic mass is 35.5. The molecule has 0 radical (unpaired) electrons. The van der Waals surface area contributed by atoms with Gasteiger partial charge in [0.1, 0.15) is 5.15 Å². The van der Waals surface area contributed by atoms with Gasteiger partial charge in [0, 0.05) is 17.0 Å². The van der Waals surface area contributed by atoms with E-state index in [0.29, 0.717) is 10.7 Å². The molecule has 1 heterocycles. The highest BCUT2D eigenvalue weighted by Crippen LogP contribution is 2.22. The van der Waals surface area contributed by atoms with Crippen LogP contribution in [0.3, 0.4) is 0 Å². The molecule has 2 rings (SSSR count). The monoisotopic (exact) mass is 246 g/mol. The molecule has 0 unspecified atom stereocenters. The minimum Gasteiger partial charge on any atom is -0.366 e. The lowest BCUT2D eigenvalue weighted by molar-refractivity contribution is -0.113. The van der Waals surface area contributed by atoms with Crippen molar-refractivity contribution in [1.82, 2.24) is 4.98 Å². The van der Waals surface area contributed by atoms with E-state index in [1.54, 1.807) is 6.08 Å². The average Bonchev–Trinajstić information content (AvgIpc) is 2.26. The van der Waals surface area contributed by atoms with Crippen molar-refractivity contribution in [3.63, 3.8) is 0 Å². The van der Waals surface area contributed by atoms with Gasteiger partial charge >= 0.3 is 0 Å². The summed E-state index contributed by atoms with van der Waals surface area (Å²) in [7, 11) is 0. The van der Waals surface area contributed by atoms with Gasteiger partial charge in [-0.05, 0) is 31.2 Å². The van der Waals surface area contributed by atoms with Gasteiger partial charge in [-0.25, -0.2) is 4.98 Å². The molecule has 86 valence electrons. The topological polar surface area (TPSA) is 56.0 Å². The zero-order valence-corrected chi connectivity index (χ0v) is 10.0. The molecule has 0 saturated heterocycles. The highest BCUT2D eigenvalue weighted by Gasteiger charge is 2.02. The molecule has 1 amide bonds. The number of rotatable bonds is 2. The molecule has 0 aliphatic carbocycles. The van der Waals surface area contributed by atoms with Gasteiger partial charge < -0.3 is 5.73 Å². The molecule has 1 aromatic carbocycles. The fourth-order valence-corrected chi connectivity index (χ4v) is 1.79. The van der Waals surface area contributed by atoms with Crippen molar-refractivity contribution in [2.24, 2.45) is 5.73 Å². The summed E-state index contributed by atoms with van der Waals surface area (Å²) in [5.74, 6) is -0.509. The number of primary amides is 1. The number of pyridine rings is 1. The van der Waals surface area contributed by atoms with Crippen LogP contribution >= 0.6 is 11.6 Å². The van der Waals surface area contributed by atoms with E-state index in [1.807, 2.05) is 31.2 Å². The molecular weight excluding hydrogens is 236 g/mol. The van der Waals surface area contributed by atoms with Crippen molar-refractivity contribution in [2.45, 2.75) is 6.92 Å². The van der Waals surface area contributed by atoms with Crippen LogP contribution in [0.4, 0.5) is 0 Å². The van der Waals surface area contributed by atoms with Gasteiger partial charge in [-0.2, -0.15) is 0 Å². The Balaban J connectivity index is 2.57. The smallest absolute Gasteiger partial charge is 0.241 e. The average molecular weight is 247 g/mol. The Morgan fingerprint density at radius 2 is 2.18 bits per heavy atom. The number of fused-ring (bicyclic) bond motifs is 1. The van der Waals surface area contributed by atoms with Gasteiger partial charge in [0.25, 0.3) is 0 Å². The van der Waals surface area contributed by atoms with Crippen molar-refractivity contribution >= 4 is 34.5 Å². The predicted octanol–water partition coefficient (Wildman–Crippen LogP) is 2.70. The summed E-state index contributed by atoms with van der Waals surface area (Å²) in [6, 6.07) is 7.79. The van der Waals surface area contributed by atoms with Gasteiger partial charge in [-0.1, -0.05) is 23.2 Å². The number of nitrogens with zero attached hydrogens (tertiary/aromatic N) is 1. The van der Waals surface area contributed by atoms with Crippen molar-refractivity contribution in [3.05, 3.63) is 46.6 Å².